The van der Waals surface area contributed by atoms with E-state index < -0.39 is 28.5 Å². The quantitative estimate of drug-likeness (QED) is 0.236. The molecule has 0 aromatic heterocycles. The molecule has 4 aromatic carbocycles. The highest BCUT2D eigenvalue weighted by molar-refractivity contribution is 7.92. The van der Waals surface area contributed by atoms with Gasteiger partial charge in [-0.15, -0.1) is 0 Å². The highest BCUT2D eigenvalue weighted by atomic mass is 32.2. The first-order valence-electron chi connectivity index (χ1n) is 14.1. The van der Waals surface area contributed by atoms with Crippen molar-refractivity contribution in [2.75, 3.05) is 32.1 Å². The number of anilines is 1. The highest BCUT2D eigenvalue weighted by Gasteiger charge is 2.35. The number of carbonyl (C=O) groups excluding carboxylic acids is 2. The molecular formula is C34H37N3O6S. The van der Waals surface area contributed by atoms with E-state index in [0.29, 0.717) is 11.3 Å². The van der Waals surface area contributed by atoms with E-state index in [9.17, 15) is 18.0 Å². The third-order valence-corrected chi connectivity index (χ3v) is 8.99. The maximum Gasteiger partial charge on any atom is 0.264 e. The predicted octanol–water partition coefficient (Wildman–Crippen LogP) is 4.59. The van der Waals surface area contributed by atoms with Crippen LogP contribution in [0.25, 0.3) is 0 Å². The van der Waals surface area contributed by atoms with Gasteiger partial charge in [-0.2, -0.15) is 0 Å². The van der Waals surface area contributed by atoms with Gasteiger partial charge in [-0.1, -0.05) is 66.7 Å². The third kappa shape index (κ3) is 7.57. The smallest absolute Gasteiger partial charge is 0.264 e. The molecule has 0 heterocycles. The lowest BCUT2D eigenvalue weighted by molar-refractivity contribution is -0.139. The van der Waals surface area contributed by atoms with E-state index in [2.05, 4.69) is 5.32 Å². The molecule has 4 rings (SSSR count). The number of ether oxygens (including phenoxy) is 2. The van der Waals surface area contributed by atoms with Gasteiger partial charge in [-0.25, -0.2) is 8.42 Å². The minimum absolute atomic E-state index is 0.0165. The Morgan fingerprint density at radius 2 is 1.48 bits per heavy atom. The molecule has 9 nitrogen and oxygen atoms in total. The second kappa shape index (κ2) is 14.6. The maximum absolute atomic E-state index is 14.5. The number of nitrogens with zero attached hydrogens (tertiary/aromatic N) is 2. The molecule has 0 aliphatic heterocycles. The number of methoxy groups -OCH3 is 2. The van der Waals surface area contributed by atoms with Crippen LogP contribution in [0, 0.1) is 6.92 Å². The molecule has 230 valence electrons. The van der Waals surface area contributed by atoms with Crippen molar-refractivity contribution in [3.63, 3.8) is 0 Å². The molecule has 0 aliphatic carbocycles. The van der Waals surface area contributed by atoms with Gasteiger partial charge in [0.25, 0.3) is 10.0 Å². The molecule has 1 atom stereocenters. The summed E-state index contributed by atoms with van der Waals surface area (Å²) in [5.74, 6) is -0.0715. The fourth-order valence-electron chi connectivity index (χ4n) is 4.92. The number of aryl methyl sites for hydroxylation is 1. The number of carbonyl (C=O) groups is 2. The number of sulfonamides is 1. The maximum atomic E-state index is 14.5. The standard InChI is InChI=1S/C34H37N3O6S/c1-25-18-19-32(43-4)30(20-25)37(44(40,41)29-16-9-6-10-17-29)24-33(38)36(23-27-14-11-15-28(21-27)42-3)31(34(39)35-2)22-26-12-7-5-8-13-26/h5-21,31H,22-24H2,1-4H3,(H,35,39)/t31-/m1/s1. The second-order valence-corrected chi connectivity index (χ2v) is 12.1. The lowest BCUT2D eigenvalue weighted by Gasteiger charge is -2.34. The molecule has 4 aromatic rings. The molecule has 10 heteroatoms. The molecule has 1 N–H and O–H groups in total. The van der Waals surface area contributed by atoms with Crippen molar-refractivity contribution >= 4 is 27.5 Å². The molecule has 0 saturated heterocycles. The van der Waals surface area contributed by atoms with E-state index in [1.54, 1.807) is 61.7 Å². The monoisotopic (exact) mass is 615 g/mol. The van der Waals surface area contributed by atoms with E-state index >= 15 is 0 Å². The molecule has 0 bridgehead atoms. The molecule has 0 saturated carbocycles. The summed E-state index contributed by atoms with van der Waals surface area (Å²) in [4.78, 5) is 29.3. The van der Waals surface area contributed by atoms with Crippen molar-refractivity contribution in [3.05, 3.63) is 120 Å². The summed E-state index contributed by atoms with van der Waals surface area (Å²) in [5, 5.41) is 2.69. The number of rotatable bonds is 13. The average molecular weight is 616 g/mol. The van der Waals surface area contributed by atoms with E-state index in [0.717, 1.165) is 15.4 Å². The molecule has 0 unspecified atom stereocenters. The van der Waals surface area contributed by atoms with Crippen molar-refractivity contribution in [2.45, 2.75) is 30.8 Å². The summed E-state index contributed by atoms with van der Waals surface area (Å²) in [6, 6.07) is 28.7. The fourth-order valence-corrected chi connectivity index (χ4v) is 6.35. The zero-order valence-electron chi connectivity index (χ0n) is 25.3. The number of hydrogen-bond donors (Lipinski definition) is 1. The van der Waals surface area contributed by atoms with Gasteiger partial charge in [0.05, 0.1) is 24.8 Å². The normalized spacial score (nSPS) is 11.7. The van der Waals surface area contributed by atoms with Crippen LogP contribution in [-0.4, -0.2) is 59.0 Å². The minimum atomic E-state index is -4.24. The zero-order chi connectivity index (χ0) is 31.7. The van der Waals surface area contributed by atoms with Crippen LogP contribution in [0.15, 0.2) is 108 Å². The van der Waals surface area contributed by atoms with Gasteiger partial charge in [-0.05, 0) is 60.0 Å². The Labute approximate surface area is 259 Å². The number of amides is 2. The van der Waals surface area contributed by atoms with Crippen molar-refractivity contribution < 1.29 is 27.5 Å². The van der Waals surface area contributed by atoms with Crippen LogP contribution in [0.3, 0.4) is 0 Å². The van der Waals surface area contributed by atoms with Crippen LogP contribution >= 0.6 is 0 Å². The summed E-state index contributed by atoms with van der Waals surface area (Å²) in [5.41, 5.74) is 2.55. The summed E-state index contributed by atoms with van der Waals surface area (Å²) >= 11 is 0. The summed E-state index contributed by atoms with van der Waals surface area (Å²) < 4.78 is 40.3. The largest absolute Gasteiger partial charge is 0.497 e. The first-order valence-corrected chi connectivity index (χ1v) is 15.5. The molecule has 0 fully saturated rings. The van der Waals surface area contributed by atoms with Gasteiger partial charge in [0.15, 0.2) is 0 Å². The van der Waals surface area contributed by atoms with Crippen LogP contribution in [0.4, 0.5) is 5.69 Å². The van der Waals surface area contributed by atoms with Crippen molar-refractivity contribution in [2.24, 2.45) is 0 Å². The Bertz CT molecular complexity index is 1680. The summed E-state index contributed by atoms with van der Waals surface area (Å²) in [6.07, 6.45) is 0.218. The summed E-state index contributed by atoms with van der Waals surface area (Å²) in [7, 11) is 0.264. The molecule has 0 aliphatic rings. The van der Waals surface area contributed by atoms with Crippen LogP contribution in [0.1, 0.15) is 16.7 Å². The molecule has 2 amide bonds. The molecule has 44 heavy (non-hydrogen) atoms. The van der Waals surface area contributed by atoms with Crippen LogP contribution in [0.2, 0.25) is 0 Å². The van der Waals surface area contributed by atoms with Gasteiger partial charge < -0.3 is 19.7 Å². The Hall–Kier alpha value is -4.83. The van der Waals surface area contributed by atoms with Crippen LogP contribution in [0.5, 0.6) is 11.5 Å². The van der Waals surface area contributed by atoms with Gasteiger partial charge in [-0.3, -0.25) is 13.9 Å². The van der Waals surface area contributed by atoms with Crippen molar-refractivity contribution in [3.8, 4) is 11.5 Å². The van der Waals surface area contributed by atoms with E-state index in [-0.39, 0.29) is 35.2 Å². The number of hydrogen-bond acceptors (Lipinski definition) is 6. The summed E-state index contributed by atoms with van der Waals surface area (Å²) in [6.45, 7) is 1.28. The van der Waals surface area contributed by atoms with Gasteiger partial charge in [0.2, 0.25) is 11.8 Å². The molecular weight excluding hydrogens is 578 g/mol. The Kier molecular flexibility index (Phi) is 10.6. The number of benzene rings is 4. The lowest BCUT2D eigenvalue weighted by Crippen LogP contribution is -2.53. The fraction of sp³-hybridized carbons (Fsp3) is 0.235. The third-order valence-electron chi connectivity index (χ3n) is 7.22. The van der Waals surface area contributed by atoms with E-state index in [4.69, 9.17) is 9.47 Å². The molecule has 0 radical (unpaired) electrons. The number of likely N-dealkylation sites (N-methyl/N-ethyl adjacent to an activating group) is 1. The van der Waals surface area contributed by atoms with Gasteiger partial charge in [0.1, 0.15) is 24.1 Å². The van der Waals surface area contributed by atoms with Crippen LogP contribution < -0.4 is 19.1 Å². The van der Waals surface area contributed by atoms with E-state index in [1.807, 2.05) is 43.3 Å². The molecule has 0 spiro atoms. The van der Waals surface area contributed by atoms with Gasteiger partial charge >= 0.3 is 0 Å². The Balaban J connectivity index is 1.84. The highest BCUT2D eigenvalue weighted by Crippen LogP contribution is 2.34. The van der Waals surface area contributed by atoms with Crippen molar-refractivity contribution in [1.82, 2.24) is 10.2 Å². The first-order chi connectivity index (χ1) is 21.2. The van der Waals surface area contributed by atoms with E-state index in [1.165, 1.54) is 31.2 Å². The average Bonchev–Trinajstić information content (AvgIpc) is 3.05. The lowest BCUT2D eigenvalue weighted by atomic mass is 10.0. The Morgan fingerprint density at radius 1 is 0.818 bits per heavy atom. The number of nitrogens with one attached hydrogen (secondary N) is 1. The second-order valence-electron chi connectivity index (χ2n) is 10.2. The topological polar surface area (TPSA) is 105 Å². The first kappa shape index (κ1) is 32.1. The van der Waals surface area contributed by atoms with Crippen molar-refractivity contribution in [1.29, 1.82) is 0 Å². The predicted molar refractivity (Wildman–Crippen MR) is 170 cm³/mol. The van der Waals surface area contributed by atoms with Crippen LogP contribution in [-0.2, 0) is 32.6 Å². The minimum Gasteiger partial charge on any atom is -0.497 e. The Morgan fingerprint density at radius 3 is 2.11 bits per heavy atom. The zero-order valence-corrected chi connectivity index (χ0v) is 26.1. The van der Waals surface area contributed by atoms with Gasteiger partial charge in [0, 0.05) is 20.0 Å². The SMILES string of the molecule is CNC(=O)[C@@H](Cc1ccccc1)N(Cc1cccc(OC)c1)C(=O)CN(c1cc(C)ccc1OC)S(=O)(=O)c1ccccc1.